The molecule has 0 rings (SSSR count). The Bertz CT molecular complexity index is 1120. The lowest BCUT2D eigenvalue weighted by atomic mass is 10.0. The number of ether oxygens (including phenoxy) is 3. The molecule has 6 nitrogen and oxygen atoms in total. The summed E-state index contributed by atoms with van der Waals surface area (Å²) in [7, 11) is 0. The largest absolute Gasteiger partial charge is 0.462 e. The minimum Gasteiger partial charge on any atom is -0.462 e. The maximum Gasteiger partial charge on any atom is 0.306 e. The summed E-state index contributed by atoms with van der Waals surface area (Å²) in [5, 5.41) is 0. The normalized spacial score (nSPS) is 12.0. The van der Waals surface area contributed by atoms with Crippen molar-refractivity contribution in [1.82, 2.24) is 0 Å². The molecular formula is C66H126O6. The van der Waals surface area contributed by atoms with Crippen LogP contribution in [0.4, 0.5) is 0 Å². The summed E-state index contributed by atoms with van der Waals surface area (Å²) in [6.45, 7) is 6.69. The fourth-order valence-corrected chi connectivity index (χ4v) is 10.1. The van der Waals surface area contributed by atoms with Gasteiger partial charge in [0.1, 0.15) is 13.2 Å². The Morgan fingerprint density at radius 2 is 0.458 bits per heavy atom. The number of esters is 3. The highest BCUT2D eigenvalue weighted by Crippen LogP contribution is 2.18. The molecule has 0 bridgehead atoms. The Balaban J connectivity index is 4.11. The van der Waals surface area contributed by atoms with Gasteiger partial charge in [-0.3, -0.25) is 14.4 Å². The van der Waals surface area contributed by atoms with E-state index in [9.17, 15) is 14.4 Å². The monoisotopic (exact) mass is 1010 g/mol. The molecule has 6 heteroatoms. The lowest BCUT2D eigenvalue weighted by Gasteiger charge is -2.18. The second-order valence-electron chi connectivity index (χ2n) is 22.4. The zero-order valence-electron chi connectivity index (χ0n) is 49.0. The number of unbranched alkanes of at least 4 members (excludes halogenated alkanes) is 48. The van der Waals surface area contributed by atoms with Crippen molar-refractivity contribution in [2.75, 3.05) is 13.2 Å². The van der Waals surface area contributed by atoms with Crippen LogP contribution in [-0.2, 0) is 28.6 Å². The van der Waals surface area contributed by atoms with E-state index in [0.717, 1.165) is 57.8 Å². The Hall–Kier alpha value is -1.85. The van der Waals surface area contributed by atoms with Gasteiger partial charge in [-0.05, 0) is 44.9 Å². The van der Waals surface area contributed by atoms with Gasteiger partial charge in [0.2, 0.25) is 0 Å². The van der Waals surface area contributed by atoms with E-state index in [1.54, 1.807) is 0 Å². The fraction of sp³-hybridized carbons (Fsp3) is 0.924. The van der Waals surface area contributed by atoms with Crippen molar-refractivity contribution in [3.63, 3.8) is 0 Å². The summed E-state index contributed by atoms with van der Waals surface area (Å²) in [6, 6.07) is 0. The van der Waals surface area contributed by atoms with Gasteiger partial charge in [0, 0.05) is 19.3 Å². The van der Waals surface area contributed by atoms with E-state index in [2.05, 4.69) is 32.9 Å². The summed E-state index contributed by atoms with van der Waals surface area (Å²) in [5.74, 6) is -0.842. The topological polar surface area (TPSA) is 78.9 Å². The molecule has 0 saturated heterocycles. The smallest absolute Gasteiger partial charge is 0.306 e. The fourth-order valence-electron chi connectivity index (χ4n) is 10.1. The quantitative estimate of drug-likeness (QED) is 0.0261. The Labute approximate surface area is 450 Å². The van der Waals surface area contributed by atoms with Crippen LogP contribution in [0, 0.1) is 0 Å². The van der Waals surface area contributed by atoms with Crippen LogP contribution in [0.2, 0.25) is 0 Å². The van der Waals surface area contributed by atoms with Gasteiger partial charge in [0.15, 0.2) is 6.10 Å². The van der Waals surface area contributed by atoms with Gasteiger partial charge in [-0.2, -0.15) is 0 Å². The van der Waals surface area contributed by atoms with Gasteiger partial charge >= 0.3 is 17.9 Å². The number of hydrogen-bond acceptors (Lipinski definition) is 6. The second-order valence-corrected chi connectivity index (χ2v) is 22.4. The van der Waals surface area contributed by atoms with Crippen LogP contribution < -0.4 is 0 Å². The number of hydrogen-bond donors (Lipinski definition) is 0. The van der Waals surface area contributed by atoms with E-state index in [4.69, 9.17) is 14.2 Å². The van der Waals surface area contributed by atoms with Gasteiger partial charge in [-0.1, -0.05) is 322 Å². The average Bonchev–Trinajstić information content (AvgIpc) is 3.38. The Morgan fingerprint density at radius 3 is 0.694 bits per heavy atom. The molecule has 0 aliphatic carbocycles. The van der Waals surface area contributed by atoms with Crippen molar-refractivity contribution < 1.29 is 28.6 Å². The van der Waals surface area contributed by atoms with E-state index in [1.165, 1.54) is 276 Å². The molecule has 0 spiro atoms. The van der Waals surface area contributed by atoms with Gasteiger partial charge in [0.05, 0.1) is 0 Å². The molecule has 72 heavy (non-hydrogen) atoms. The highest BCUT2D eigenvalue weighted by molar-refractivity contribution is 5.71. The summed E-state index contributed by atoms with van der Waals surface area (Å²) in [6.07, 6.45) is 72.4. The summed E-state index contributed by atoms with van der Waals surface area (Å²) < 4.78 is 16.9. The maximum atomic E-state index is 12.9. The second kappa shape index (κ2) is 61.7. The first-order valence-electron chi connectivity index (χ1n) is 32.7. The van der Waals surface area contributed by atoms with Crippen LogP contribution in [0.5, 0.6) is 0 Å². The lowest BCUT2D eigenvalue weighted by Crippen LogP contribution is -2.30. The van der Waals surface area contributed by atoms with Gasteiger partial charge in [0.25, 0.3) is 0 Å². The van der Waals surface area contributed by atoms with E-state index in [1.807, 2.05) is 0 Å². The van der Waals surface area contributed by atoms with E-state index in [-0.39, 0.29) is 31.1 Å². The zero-order chi connectivity index (χ0) is 52.2. The Kier molecular flexibility index (Phi) is 60.1. The molecule has 0 N–H and O–H groups in total. The zero-order valence-corrected chi connectivity index (χ0v) is 49.0. The third kappa shape index (κ3) is 59.0. The third-order valence-electron chi connectivity index (χ3n) is 15.0. The van der Waals surface area contributed by atoms with Crippen molar-refractivity contribution in [2.45, 2.75) is 380 Å². The van der Waals surface area contributed by atoms with Gasteiger partial charge in [-0.15, -0.1) is 0 Å². The molecule has 0 fully saturated rings. The van der Waals surface area contributed by atoms with Gasteiger partial charge in [-0.25, -0.2) is 0 Å². The molecule has 0 heterocycles. The number of rotatable bonds is 61. The highest BCUT2D eigenvalue weighted by Gasteiger charge is 2.19. The molecule has 0 saturated carbocycles. The van der Waals surface area contributed by atoms with Crippen molar-refractivity contribution in [2.24, 2.45) is 0 Å². The molecule has 0 aliphatic heterocycles. The average molecular weight is 1020 g/mol. The van der Waals surface area contributed by atoms with Crippen LogP contribution in [0.1, 0.15) is 374 Å². The molecule has 0 amide bonds. The summed E-state index contributed by atoms with van der Waals surface area (Å²) in [4.78, 5) is 38.2. The van der Waals surface area contributed by atoms with Crippen molar-refractivity contribution >= 4 is 17.9 Å². The summed E-state index contributed by atoms with van der Waals surface area (Å²) in [5.41, 5.74) is 0. The van der Waals surface area contributed by atoms with Crippen molar-refractivity contribution in [3.05, 3.63) is 12.2 Å². The third-order valence-corrected chi connectivity index (χ3v) is 15.0. The minimum atomic E-state index is -0.766. The van der Waals surface area contributed by atoms with Crippen molar-refractivity contribution in [3.8, 4) is 0 Å². The number of carbonyl (C=O) groups is 3. The first-order chi connectivity index (χ1) is 35.5. The van der Waals surface area contributed by atoms with E-state index >= 15 is 0 Å². The van der Waals surface area contributed by atoms with Crippen LogP contribution in [-0.4, -0.2) is 37.2 Å². The van der Waals surface area contributed by atoms with Crippen LogP contribution in [0.15, 0.2) is 12.2 Å². The predicted octanol–water partition coefficient (Wildman–Crippen LogP) is 22.1. The predicted molar refractivity (Wildman–Crippen MR) is 312 cm³/mol. The van der Waals surface area contributed by atoms with E-state index in [0.29, 0.717) is 19.3 Å². The SMILES string of the molecule is CCCCCCCC/C=C\CCCCCCCCCCCC(=O)OC(COC(=O)CCCCCCCCCCC)COC(=O)CCCCCCCCCCCCCCCCCCCCCCCCCCCC. The first-order valence-corrected chi connectivity index (χ1v) is 32.7. The molecule has 426 valence electrons. The molecule has 0 aromatic heterocycles. The minimum absolute atomic E-state index is 0.0646. The maximum absolute atomic E-state index is 12.9. The molecular weight excluding hydrogens is 889 g/mol. The molecule has 1 atom stereocenters. The first kappa shape index (κ1) is 70.1. The highest BCUT2D eigenvalue weighted by atomic mass is 16.6. The standard InChI is InChI=1S/C66H126O6/c1-4-7-10-13-16-19-21-23-25-27-29-30-31-32-33-34-35-37-38-40-42-44-47-50-53-56-59-65(68)71-62-63(61-70-64(67)58-55-52-49-46-18-15-12-9-6-3)72-66(69)60-57-54-51-48-45-43-41-39-36-28-26-24-22-20-17-14-11-8-5-2/h24,26,63H,4-23,25,27-62H2,1-3H3/b26-24-. The number of allylic oxidation sites excluding steroid dienone is 2. The van der Waals surface area contributed by atoms with Crippen LogP contribution in [0.25, 0.3) is 0 Å². The van der Waals surface area contributed by atoms with Gasteiger partial charge < -0.3 is 14.2 Å². The van der Waals surface area contributed by atoms with Crippen molar-refractivity contribution in [1.29, 1.82) is 0 Å². The Morgan fingerprint density at radius 1 is 0.264 bits per heavy atom. The summed E-state index contributed by atoms with van der Waals surface area (Å²) >= 11 is 0. The van der Waals surface area contributed by atoms with Crippen LogP contribution >= 0.6 is 0 Å². The molecule has 0 aliphatic rings. The van der Waals surface area contributed by atoms with E-state index < -0.39 is 6.10 Å². The molecule has 0 radical (unpaired) electrons. The molecule has 0 aromatic carbocycles. The lowest BCUT2D eigenvalue weighted by molar-refractivity contribution is -0.167. The molecule has 0 aromatic rings. The molecule has 1 unspecified atom stereocenters. The van der Waals surface area contributed by atoms with Crippen LogP contribution in [0.3, 0.4) is 0 Å². The number of carbonyl (C=O) groups excluding carboxylic acids is 3.